The zero-order valence-electron chi connectivity index (χ0n) is 10.8. The van der Waals surface area contributed by atoms with Gasteiger partial charge in [-0.3, -0.25) is 0 Å². The van der Waals surface area contributed by atoms with E-state index in [1.165, 1.54) is 43.4 Å². The van der Waals surface area contributed by atoms with Gasteiger partial charge in [0.05, 0.1) is 6.54 Å². The summed E-state index contributed by atoms with van der Waals surface area (Å²) < 4.78 is 0. The SMILES string of the molecule is CCCCCC[NH2+]Cc1ccc(CC)cc1. The molecular formula is C15H26N+. The molecule has 0 heterocycles. The molecule has 1 nitrogen and oxygen atoms in total. The zero-order chi connectivity index (χ0) is 11.6. The highest BCUT2D eigenvalue weighted by molar-refractivity contribution is 5.21. The van der Waals surface area contributed by atoms with Crippen LogP contribution in [0, 0.1) is 0 Å². The number of hydrogen-bond acceptors (Lipinski definition) is 0. The fourth-order valence-corrected chi connectivity index (χ4v) is 1.90. The summed E-state index contributed by atoms with van der Waals surface area (Å²) in [5.41, 5.74) is 2.89. The molecule has 0 aliphatic rings. The Bertz CT molecular complexity index is 263. The van der Waals surface area contributed by atoms with Gasteiger partial charge >= 0.3 is 0 Å². The summed E-state index contributed by atoms with van der Waals surface area (Å²) in [5.74, 6) is 0. The summed E-state index contributed by atoms with van der Waals surface area (Å²) >= 11 is 0. The lowest BCUT2D eigenvalue weighted by Crippen LogP contribution is -2.82. The van der Waals surface area contributed by atoms with Crippen LogP contribution in [0.3, 0.4) is 0 Å². The molecule has 2 N–H and O–H groups in total. The van der Waals surface area contributed by atoms with Gasteiger partial charge in [-0.2, -0.15) is 0 Å². The minimum atomic E-state index is 1.14. The number of nitrogens with two attached hydrogens (primary N) is 1. The molecule has 1 heteroatoms. The van der Waals surface area contributed by atoms with Crippen molar-refractivity contribution in [2.45, 2.75) is 52.5 Å². The van der Waals surface area contributed by atoms with E-state index in [1.807, 2.05) is 0 Å². The van der Waals surface area contributed by atoms with Crippen molar-refractivity contribution in [3.8, 4) is 0 Å². The van der Waals surface area contributed by atoms with Gasteiger partial charge in [0.1, 0.15) is 6.54 Å². The maximum atomic E-state index is 2.43. The molecule has 0 aliphatic heterocycles. The third-order valence-corrected chi connectivity index (χ3v) is 3.07. The van der Waals surface area contributed by atoms with Crippen molar-refractivity contribution in [3.63, 3.8) is 0 Å². The Morgan fingerprint density at radius 1 is 0.875 bits per heavy atom. The predicted octanol–water partition coefficient (Wildman–Crippen LogP) is 2.89. The molecule has 0 amide bonds. The van der Waals surface area contributed by atoms with Crippen LogP contribution in [0.1, 0.15) is 50.7 Å². The fraction of sp³-hybridized carbons (Fsp3) is 0.600. The van der Waals surface area contributed by atoms with Gasteiger partial charge < -0.3 is 5.32 Å². The number of quaternary nitrogens is 1. The van der Waals surface area contributed by atoms with Gasteiger partial charge in [0, 0.05) is 5.56 Å². The van der Waals surface area contributed by atoms with Crippen molar-refractivity contribution < 1.29 is 5.32 Å². The third-order valence-electron chi connectivity index (χ3n) is 3.07. The number of unbranched alkanes of at least 4 members (excludes halogenated alkanes) is 3. The van der Waals surface area contributed by atoms with E-state index in [9.17, 15) is 0 Å². The lowest BCUT2D eigenvalue weighted by molar-refractivity contribution is -0.671. The van der Waals surface area contributed by atoms with Crippen LogP contribution >= 0.6 is 0 Å². The predicted molar refractivity (Wildman–Crippen MR) is 70.5 cm³/mol. The van der Waals surface area contributed by atoms with Crippen LogP contribution in [0.15, 0.2) is 24.3 Å². The Labute approximate surface area is 100 Å². The van der Waals surface area contributed by atoms with Gasteiger partial charge in [0.25, 0.3) is 0 Å². The van der Waals surface area contributed by atoms with Crippen LogP contribution in [0.2, 0.25) is 0 Å². The average Bonchev–Trinajstić information content (AvgIpc) is 2.34. The first-order chi connectivity index (χ1) is 7.86. The molecule has 1 aromatic carbocycles. The van der Waals surface area contributed by atoms with Crippen molar-refractivity contribution in [3.05, 3.63) is 35.4 Å². The normalized spacial score (nSPS) is 10.6. The molecule has 0 fully saturated rings. The van der Waals surface area contributed by atoms with E-state index < -0.39 is 0 Å². The smallest absolute Gasteiger partial charge is 0.101 e. The van der Waals surface area contributed by atoms with E-state index in [1.54, 1.807) is 0 Å². The molecule has 0 aliphatic carbocycles. The Morgan fingerprint density at radius 3 is 2.19 bits per heavy atom. The summed E-state index contributed by atoms with van der Waals surface area (Å²) in [6.45, 7) is 6.87. The van der Waals surface area contributed by atoms with Crippen LogP contribution in [0.5, 0.6) is 0 Å². The highest BCUT2D eigenvalue weighted by Crippen LogP contribution is 2.03. The highest BCUT2D eigenvalue weighted by atomic mass is 14.8. The van der Waals surface area contributed by atoms with Crippen LogP contribution in [0.4, 0.5) is 0 Å². The van der Waals surface area contributed by atoms with E-state index in [2.05, 4.69) is 43.4 Å². The third kappa shape index (κ3) is 5.32. The second-order valence-corrected chi connectivity index (χ2v) is 4.51. The second kappa shape index (κ2) is 8.35. The van der Waals surface area contributed by atoms with E-state index in [-0.39, 0.29) is 0 Å². The van der Waals surface area contributed by atoms with Crippen molar-refractivity contribution >= 4 is 0 Å². The molecule has 0 spiro atoms. The number of benzene rings is 1. The van der Waals surface area contributed by atoms with Crippen molar-refractivity contribution in [1.29, 1.82) is 0 Å². The minimum Gasteiger partial charge on any atom is -0.343 e. The van der Waals surface area contributed by atoms with Crippen LogP contribution < -0.4 is 5.32 Å². The fourth-order valence-electron chi connectivity index (χ4n) is 1.90. The van der Waals surface area contributed by atoms with E-state index in [4.69, 9.17) is 0 Å². The van der Waals surface area contributed by atoms with Gasteiger partial charge in [-0.05, 0) is 24.8 Å². The summed E-state index contributed by atoms with van der Waals surface area (Å²) in [5, 5.41) is 2.43. The average molecular weight is 220 g/mol. The molecule has 0 atom stereocenters. The maximum Gasteiger partial charge on any atom is 0.101 e. The number of rotatable bonds is 8. The van der Waals surface area contributed by atoms with Gasteiger partial charge in [0.15, 0.2) is 0 Å². The Morgan fingerprint density at radius 2 is 1.56 bits per heavy atom. The topological polar surface area (TPSA) is 16.6 Å². The summed E-state index contributed by atoms with van der Waals surface area (Å²) in [7, 11) is 0. The first-order valence-electron chi connectivity index (χ1n) is 6.76. The summed E-state index contributed by atoms with van der Waals surface area (Å²) in [4.78, 5) is 0. The van der Waals surface area contributed by atoms with Crippen LogP contribution in [-0.4, -0.2) is 6.54 Å². The highest BCUT2D eigenvalue weighted by Gasteiger charge is 1.96. The Hall–Kier alpha value is -0.820. The molecule has 0 unspecified atom stereocenters. The van der Waals surface area contributed by atoms with E-state index in [0.29, 0.717) is 0 Å². The quantitative estimate of drug-likeness (QED) is 0.649. The van der Waals surface area contributed by atoms with Crippen LogP contribution in [-0.2, 0) is 13.0 Å². The number of hydrogen-bond donors (Lipinski definition) is 1. The molecule has 0 saturated heterocycles. The molecular weight excluding hydrogens is 194 g/mol. The lowest BCUT2D eigenvalue weighted by Gasteiger charge is -2.03. The first-order valence-corrected chi connectivity index (χ1v) is 6.76. The Kier molecular flexibility index (Phi) is 6.91. The second-order valence-electron chi connectivity index (χ2n) is 4.51. The molecule has 1 aromatic rings. The van der Waals surface area contributed by atoms with Crippen LogP contribution in [0.25, 0.3) is 0 Å². The molecule has 90 valence electrons. The molecule has 16 heavy (non-hydrogen) atoms. The van der Waals surface area contributed by atoms with Gasteiger partial charge in [0.2, 0.25) is 0 Å². The van der Waals surface area contributed by atoms with Gasteiger partial charge in [-0.25, -0.2) is 0 Å². The zero-order valence-corrected chi connectivity index (χ0v) is 10.8. The van der Waals surface area contributed by atoms with Gasteiger partial charge in [-0.15, -0.1) is 0 Å². The molecule has 1 rings (SSSR count). The minimum absolute atomic E-state index is 1.14. The molecule has 0 radical (unpaired) electrons. The molecule has 0 aromatic heterocycles. The van der Waals surface area contributed by atoms with Crippen molar-refractivity contribution in [2.75, 3.05) is 6.54 Å². The molecule has 0 saturated carbocycles. The molecule has 0 bridgehead atoms. The van der Waals surface area contributed by atoms with E-state index in [0.717, 1.165) is 13.0 Å². The Balaban J connectivity index is 2.12. The first kappa shape index (κ1) is 13.2. The van der Waals surface area contributed by atoms with Crippen molar-refractivity contribution in [1.82, 2.24) is 0 Å². The largest absolute Gasteiger partial charge is 0.343 e. The summed E-state index contributed by atoms with van der Waals surface area (Å²) in [6, 6.07) is 9.03. The monoisotopic (exact) mass is 220 g/mol. The van der Waals surface area contributed by atoms with E-state index >= 15 is 0 Å². The maximum absolute atomic E-state index is 2.43. The lowest BCUT2D eigenvalue weighted by atomic mass is 10.1. The summed E-state index contributed by atoms with van der Waals surface area (Å²) in [6.07, 6.45) is 6.61. The van der Waals surface area contributed by atoms with Gasteiger partial charge in [-0.1, -0.05) is 51.0 Å². The standard InChI is InChI=1S/C15H25N/c1-3-5-6-7-12-16-13-15-10-8-14(4-2)9-11-15/h8-11,16H,3-7,12-13H2,1-2H3/p+1. The van der Waals surface area contributed by atoms with Crippen molar-refractivity contribution in [2.24, 2.45) is 0 Å². The number of aryl methyl sites for hydroxylation is 1.